The maximum atomic E-state index is 11.9. The van der Waals surface area contributed by atoms with E-state index in [1.807, 2.05) is 0 Å². The van der Waals surface area contributed by atoms with Crippen molar-refractivity contribution in [1.82, 2.24) is 0 Å². The normalized spacial score (nSPS) is 10.2. The number of anilines is 1. The van der Waals surface area contributed by atoms with E-state index in [4.69, 9.17) is 22.1 Å². The van der Waals surface area contributed by atoms with Gasteiger partial charge in [-0.25, -0.2) is 4.79 Å². The summed E-state index contributed by atoms with van der Waals surface area (Å²) < 4.78 is 5.88. The summed E-state index contributed by atoms with van der Waals surface area (Å²) in [6.45, 7) is 0.182. The van der Waals surface area contributed by atoms with Crippen LogP contribution in [-0.4, -0.2) is 5.97 Å². The Kier molecular flexibility index (Phi) is 4.45. The fourth-order valence-corrected chi connectivity index (χ4v) is 2.01. The van der Waals surface area contributed by atoms with Gasteiger partial charge in [0, 0.05) is 9.50 Å². The first-order valence-electron chi connectivity index (χ1n) is 5.53. The van der Waals surface area contributed by atoms with Crippen LogP contribution in [0.15, 0.2) is 46.9 Å². The summed E-state index contributed by atoms with van der Waals surface area (Å²) in [6.07, 6.45) is 0. The van der Waals surface area contributed by atoms with E-state index in [1.54, 1.807) is 42.5 Å². The number of rotatable bonds is 3. The number of hydrogen-bond acceptors (Lipinski definition) is 3. The predicted molar refractivity (Wildman–Crippen MR) is 79.1 cm³/mol. The van der Waals surface area contributed by atoms with E-state index < -0.39 is 5.97 Å². The van der Waals surface area contributed by atoms with Gasteiger partial charge in [-0.2, -0.15) is 0 Å². The molecule has 0 atom stereocenters. The van der Waals surface area contributed by atoms with Gasteiger partial charge < -0.3 is 10.5 Å². The zero-order valence-electron chi connectivity index (χ0n) is 9.90. The van der Waals surface area contributed by atoms with Gasteiger partial charge in [0.05, 0.1) is 11.3 Å². The fraction of sp³-hybridized carbons (Fsp3) is 0.0714. The first kappa shape index (κ1) is 13.9. The highest BCUT2D eigenvalue weighted by molar-refractivity contribution is 9.10. The van der Waals surface area contributed by atoms with Crippen molar-refractivity contribution in [2.45, 2.75) is 6.61 Å². The van der Waals surface area contributed by atoms with Crippen molar-refractivity contribution in [3.63, 3.8) is 0 Å². The maximum Gasteiger partial charge on any atom is 0.340 e. The van der Waals surface area contributed by atoms with Gasteiger partial charge in [0.2, 0.25) is 0 Å². The fourth-order valence-electron chi connectivity index (χ4n) is 1.52. The molecule has 0 aromatic heterocycles. The highest BCUT2D eigenvalue weighted by atomic mass is 79.9. The number of esters is 1. The Hall–Kier alpha value is -1.52. The molecule has 0 amide bonds. The van der Waals surface area contributed by atoms with Crippen molar-refractivity contribution < 1.29 is 9.53 Å². The molecule has 0 aliphatic carbocycles. The van der Waals surface area contributed by atoms with Crippen molar-refractivity contribution in [1.29, 1.82) is 0 Å². The van der Waals surface area contributed by atoms with Crippen LogP contribution in [0.4, 0.5) is 5.69 Å². The highest BCUT2D eigenvalue weighted by Crippen LogP contribution is 2.23. The molecular weight excluding hydrogens is 330 g/mol. The first-order chi connectivity index (χ1) is 9.08. The third-order valence-corrected chi connectivity index (χ3v) is 3.50. The van der Waals surface area contributed by atoms with Crippen LogP contribution in [0.2, 0.25) is 5.02 Å². The van der Waals surface area contributed by atoms with Crippen LogP contribution in [0.3, 0.4) is 0 Å². The first-order valence-corrected chi connectivity index (χ1v) is 6.70. The van der Waals surface area contributed by atoms with Crippen molar-refractivity contribution >= 4 is 39.2 Å². The summed E-state index contributed by atoms with van der Waals surface area (Å²) in [5.41, 5.74) is 7.40. The average molecular weight is 341 g/mol. The molecule has 0 unspecified atom stereocenters. The van der Waals surface area contributed by atoms with E-state index in [0.29, 0.717) is 20.7 Å². The van der Waals surface area contributed by atoms with E-state index in [1.165, 1.54) is 0 Å². The van der Waals surface area contributed by atoms with Crippen molar-refractivity contribution in [2.24, 2.45) is 0 Å². The predicted octanol–water partition coefficient (Wildman–Crippen LogP) is 4.04. The smallest absolute Gasteiger partial charge is 0.340 e. The Morgan fingerprint density at radius 1 is 1.21 bits per heavy atom. The molecule has 0 spiro atoms. The Morgan fingerprint density at radius 2 is 1.89 bits per heavy atom. The lowest BCUT2D eigenvalue weighted by atomic mass is 10.2. The molecule has 2 aromatic carbocycles. The van der Waals surface area contributed by atoms with Gasteiger partial charge in [0.1, 0.15) is 6.61 Å². The standard InChI is InChI=1S/C14H11BrClNO2/c15-12-3-1-2-11(13(12)17)14(18)19-8-9-4-6-10(16)7-5-9/h1-7H,8,17H2. The molecule has 0 radical (unpaired) electrons. The summed E-state index contributed by atoms with van der Waals surface area (Å²) >= 11 is 9.05. The van der Waals surface area contributed by atoms with E-state index in [9.17, 15) is 4.79 Å². The molecule has 98 valence electrons. The van der Waals surface area contributed by atoms with Gasteiger partial charge in [-0.3, -0.25) is 0 Å². The third-order valence-electron chi connectivity index (χ3n) is 2.56. The lowest BCUT2D eigenvalue weighted by molar-refractivity contribution is 0.0474. The number of carbonyl (C=O) groups is 1. The summed E-state index contributed by atoms with van der Waals surface area (Å²) in [5.74, 6) is -0.450. The van der Waals surface area contributed by atoms with Gasteiger partial charge in [0.15, 0.2) is 0 Å². The lowest BCUT2D eigenvalue weighted by Gasteiger charge is -2.08. The molecular formula is C14H11BrClNO2. The van der Waals surface area contributed by atoms with E-state index in [2.05, 4.69) is 15.9 Å². The summed E-state index contributed by atoms with van der Waals surface area (Å²) in [7, 11) is 0. The van der Waals surface area contributed by atoms with Gasteiger partial charge in [-0.15, -0.1) is 0 Å². The second-order valence-corrected chi connectivity index (χ2v) is 5.19. The van der Waals surface area contributed by atoms with Gasteiger partial charge in [-0.05, 0) is 45.8 Å². The molecule has 0 bridgehead atoms. The molecule has 0 fully saturated rings. The van der Waals surface area contributed by atoms with E-state index >= 15 is 0 Å². The van der Waals surface area contributed by atoms with E-state index in [-0.39, 0.29) is 6.61 Å². The Labute approximate surface area is 124 Å². The number of para-hydroxylation sites is 1. The zero-order chi connectivity index (χ0) is 13.8. The zero-order valence-corrected chi connectivity index (χ0v) is 12.2. The van der Waals surface area contributed by atoms with Crippen molar-refractivity contribution in [2.75, 3.05) is 5.73 Å². The Bertz CT molecular complexity index is 599. The van der Waals surface area contributed by atoms with Gasteiger partial charge in [0.25, 0.3) is 0 Å². The summed E-state index contributed by atoms with van der Waals surface area (Å²) in [5, 5.41) is 0.645. The maximum absolute atomic E-state index is 11.9. The molecule has 3 nitrogen and oxygen atoms in total. The second-order valence-electron chi connectivity index (χ2n) is 3.90. The van der Waals surface area contributed by atoms with Gasteiger partial charge >= 0.3 is 5.97 Å². The number of nitrogen functional groups attached to an aromatic ring is 1. The van der Waals surface area contributed by atoms with Crippen molar-refractivity contribution in [3.8, 4) is 0 Å². The minimum absolute atomic E-state index is 0.182. The molecule has 0 aliphatic rings. The average Bonchev–Trinajstić information content (AvgIpc) is 2.41. The minimum Gasteiger partial charge on any atom is -0.457 e. The molecule has 2 N–H and O–H groups in total. The molecule has 0 saturated heterocycles. The Morgan fingerprint density at radius 3 is 2.58 bits per heavy atom. The number of nitrogens with two attached hydrogens (primary N) is 1. The van der Waals surface area contributed by atoms with Gasteiger partial charge in [-0.1, -0.05) is 29.8 Å². The molecule has 19 heavy (non-hydrogen) atoms. The highest BCUT2D eigenvalue weighted by Gasteiger charge is 2.12. The number of benzene rings is 2. The topological polar surface area (TPSA) is 52.3 Å². The monoisotopic (exact) mass is 339 g/mol. The quantitative estimate of drug-likeness (QED) is 0.677. The summed E-state index contributed by atoms with van der Waals surface area (Å²) in [4.78, 5) is 11.9. The van der Waals surface area contributed by atoms with Crippen LogP contribution in [0.5, 0.6) is 0 Å². The van der Waals surface area contributed by atoms with Crippen LogP contribution in [0.1, 0.15) is 15.9 Å². The SMILES string of the molecule is Nc1c(Br)cccc1C(=O)OCc1ccc(Cl)cc1. The molecule has 0 saturated carbocycles. The van der Waals surface area contributed by atoms with Crippen LogP contribution in [-0.2, 0) is 11.3 Å². The second kappa shape index (κ2) is 6.08. The number of ether oxygens (including phenoxy) is 1. The molecule has 2 rings (SSSR count). The van der Waals surface area contributed by atoms with Crippen LogP contribution < -0.4 is 5.73 Å². The molecule has 2 aromatic rings. The van der Waals surface area contributed by atoms with E-state index in [0.717, 1.165) is 5.56 Å². The number of hydrogen-bond donors (Lipinski definition) is 1. The third kappa shape index (κ3) is 3.49. The Balaban J connectivity index is 2.05. The number of halogens is 2. The van der Waals surface area contributed by atoms with Crippen LogP contribution >= 0.6 is 27.5 Å². The largest absolute Gasteiger partial charge is 0.457 e. The minimum atomic E-state index is -0.450. The molecule has 0 heterocycles. The van der Waals surface area contributed by atoms with Crippen molar-refractivity contribution in [3.05, 3.63) is 63.1 Å². The summed E-state index contributed by atoms with van der Waals surface area (Å²) in [6, 6.07) is 12.2. The molecule has 5 heteroatoms. The lowest BCUT2D eigenvalue weighted by Crippen LogP contribution is -2.08. The van der Waals surface area contributed by atoms with Crippen LogP contribution in [0.25, 0.3) is 0 Å². The van der Waals surface area contributed by atoms with Crippen LogP contribution in [0, 0.1) is 0 Å². The molecule has 0 aliphatic heterocycles. The number of carbonyl (C=O) groups excluding carboxylic acids is 1.